The van der Waals surface area contributed by atoms with Gasteiger partial charge in [-0.15, -0.1) is 0 Å². The monoisotopic (exact) mass is 369 g/mol. The van der Waals surface area contributed by atoms with E-state index in [0.717, 1.165) is 9.96 Å². The Balaban J connectivity index is 2.14. The second kappa shape index (κ2) is 5.99. The number of aryl methyl sites for hydroxylation is 1. The minimum atomic E-state index is -5.06. The molecular formula is C16H12F3N2O3S+. The van der Waals surface area contributed by atoms with E-state index in [1.54, 1.807) is 37.3 Å². The molecule has 0 unspecified atom stereocenters. The summed E-state index contributed by atoms with van der Waals surface area (Å²) in [5.74, 6) is -2.19. The van der Waals surface area contributed by atoms with E-state index in [1.807, 2.05) is 0 Å². The molecule has 0 amide bonds. The van der Waals surface area contributed by atoms with Crippen molar-refractivity contribution in [1.82, 2.24) is 4.98 Å². The summed E-state index contributed by atoms with van der Waals surface area (Å²) in [5.41, 5.74) is 1.68. The van der Waals surface area contributed by atoms with Crippen molar-refractivity contribution >= 4 is 22.1 Å². The lowest BCUT2D eigenvalue weighted by Crippen LogP contribution is -2.27. The minimum Gasteiger partial charge on any atom is -0.497 e. The number of hydrogen-bond donors (Lipinski definition) is 1. The van der Waals surface area contributed by atoms with Crippen LogP contribution in [0, 0.1) is 6.92 Å². The molecule has 0 atom stereocenters. The average Bonchev–Trinajstić information content (AvgIpc) is 2.90. The smallest absolute Gasteiger partial charge is 0.456 e. The van der Waals surface area contributed by atoms with Crippen LogP contribution in [0.2, 0.25) is 0 Å². The number of ether oxygens (including phenoxy) is 1. The highest BCUT2D eigenvalue weighted by molar-refractivity contribution is 7.18. The number of benzene rings is 1. The van der Waals surface area contributed by atoms with Crippen LogP contribution >= 0.6 is 11.3 Å². The Morgan fingerprint density at radius 1 is 1.28 bits per heavy atom. The van der Waals surface area contributed by atoms with Gasteiger partial charge in [0, 0.05) is 11.6 Å². The SMILES string of the molecule is COc1ccc(-c2cc(C)[n+]3c(O)c(C(=O)C(F)(F)F)sc3n2)cc1. The minimum absolute atomic E-state index is 0.0934. The van der Waals surface area contributed by atoms with Gasteiger partial charge in [-0.3, -0.25) is 4.79 Å². The molecule has 2 aromatic heterocycles. The molecule has 0 aliphatic rings. The molecule has 130 valence electrons. The first-order chi connectivity index (χ1) is 11.7. The van der Waals surface area contributed by atoms with Crippen LogP contribution in [0.5, 0.6) is 11.6 Å². The molecule has 0 aliphatic heterocycles. The first-order valence-corrected chi connectivity index (χ1v) is 7.85. The maximum atomic E-state index is 12.7. The molecular weight excluding hydrogens is 357 g/mol. The van der Waals surface area contributed by atoms with Crippen LogP contribution < -0.4 is 9.14 Å². The number of ketones is 1. The molecule has 5 nitrogen and oxygen atoms in total. The van der Waals surface area contributed by atoms with E-state index >= 15 is 0 Å². The number of alkyl halides is 3. The Hall–Kier alpha value is -2.68. The molecule has 9 heteroatoms. The largest absolute Gasteiger partial charge is 0.497 e. The Kier molecular flexibility index (Phi) is 4.11. The average molecular weight is 369 g/mol. The molecule has 2 heterocycles. The zero-order chi connectivity index (χ0) is 18.4. The third-order valence-electron chi connectivity index (χ3n) is 3.56. The van der Waals surface area contributed by atoms with E-state index in [9.17, 15) is 23.1 Å². The lowest BCUT2D eigenvalue weighted by Gasteiger charge is -2.01. The van der Waals surface area contributed by atoms with Gasteiger partial charge in [0.1, 0.15) is 11.4 Å². The van der Waals surface area contributed by atoms with Crippen LogP contribution in [-0.2, 0) is 0 Å². The molecule has 3 rings (SSSR count). The number of thiazole rings is 1. The van der Waals surface area contributed by atoms with E-state index in [-0.39, 0.29) is 4.96 Å². The highest BCUT2D eigenvalue weighted by Crippen LogP contribution is 2.31. The number of carbonyl (C=O) groups excluding carboxylic acids is 1. The van der Waals surface area contributed by atoms with Gasteiger partial charge < -0.3 is 9.84 Å². The predicted octanol–water partition coefficient (Wildman–Crippen LogP) is 3.32. The van der Waals surface area contributed by atoms with E-state index in [4.69, 9.17) is 4.74 Å². The Morgan fingerprint density at radius 2 is 1.92 bits per heavy atom. The first kappa shape index (κ1) is 17.2. The molecule has 0 spiro atoms. The van der Waals surface area contributed by atoms with Crippen molar-refractivity contribution in [2.75, 3.05) is 7.11 Å². The molecule has 1 N–H and O–H groups in total. The van der Waals surface area contributed by atoms with Gasteiger partial charge in [0.15, 0.2) is 10.6 Å². The van der Waals surface area contributed by atoms with Crippen LogP contribution in [0.15, 0.2) is 30.3 Å². The third kappa shape index (κ3) is 3.02. The summed E-state index contributed by atoms with van der Waals surface area (Å²) < 4.78 is 44.2. The van der Waals surface area contributed by atoms with Crippen LogP contribution in [0.4, 0.5) is 13.2 Å². The van der Waals surface area contributed by atoms with Crippen LogP contribution in [0.1, 0.15) is 15.4 Å². The summed E-state index contributed by atoms with van der Waals surface area (Å²) in [5, 5.41) is 10.0. The predicted molar refractivity (Wildman–Crippen MR) is 84.0 cm³/mol. The summed E-state index contributed by atoms with van der Waals surface area (Å²) in [6.07, 6.45) is -5.06. The van der Waals surface area contributed by atoms with Gasteiger partial charge in [0.2, 0.25) is 0 Å². The summed E-state index contributed by atoms with van der Waals surface area (Å²) in [6, 6.07) is 8.59. The number of carbonyl (C=O) groups is 1. The lowest BCUT2D eigenvalue weighted by atomic mass is 10.1. The van der Waals surface area contributed by atoms with Crippen LogP contribution in [0.25, 0.3) is 16.2 Å². The number of Topliss-reactive ketones (excluding diaryl/α,β-unsaturated/α-hetero) is 1. The number of fused-ring (bicyclic) bond motifs is 1. The molecule has 0 aliphatic carbocycles. The van der Waals surface area contributed by atoms with Crippen molar-refractivity contribution in [3.8, 4) is 22.9 Å². The fourth-order valence-electron chi connectivity index (χ4n) is 2.35. The lowest BCUT2D eigenvalue weighted by molar-refractivity contribution is -0.528. The number of aromatic hydroxyl groups is 1. The maximum Gasteiger partial charge on any atom is 0.456 e. The van der Waals surface area contributed by atoms with Crippen molar-refractivity contribution in [3.05, 3.63) is 40.9 Å². The summed E-state index contributed by atoms with van der Waals surface area (Å²) in [7, 11) is 1.54. The van der Waals surface area contributed by atoms with E-state index in [0.29, 0.717) is 28.5 Å². The Morgan fingerprint density at radius 3 is 2.48 bits per heavy atom. The van der Waals surface area contributed by atoms with Gasteiger partial charge in [-0.2, -0.15) is 17.6 Å². The van der Waals surface area contributed by atoms with Crippen molar-refractivity contribution in [3.63, 3.8) is 0 Å². The van der Waals surface area contributed by atoms with Gasteiger partial charge in [0.05, 0.1) is 7.11 Å². The van der Waals surface area contributed by atoms with Crippen molar-refractivity contribution in [2.45, 2.75) is 13.1 Å². The topological polar surface area (TPSA) is 63.5 Å². The van der Waals surface area contributed by atoms with Crippen molar-refractivity contribution < 1.29 is 32.2 Å². The highest BCUT2D eigenvalue weighted by atomic mass is 32.1. The quantitative estimate of drug-likeness (QED) is 0.568. The van der Waals surface area contributed by atoms with Gasteiger partial charge >= 0.3 is 17.0 Å². The number of halogens is 3. The second-order valence-electron chi connectivity index (χ2n) is 5.21. The second-order valence-corrected chi connectivity index (χ2v) is 6.19. The fourth-order valence-corrected chi connectivity index (χ4v) is 3.39. The zero-order valence-electron chi connectivity index (χ0n) is 13.1. The number of rotatable bonds is 3. The molecule has 3 aromatic rings. The number of methoxy groups -OCH3 is 1. The normalized spacial score (nSPS) is 11.7. The van der Waals surface area contributed by atoms with Crippen LogP contribution in [0.3, 0.4) is 0 Å². The Bertz CT molecular complexity index is 965. The number of nitrogens with zero attached hydrogens (tertiary/aromatic N) is 2. The molecule has 0 saturated carbocycles. The first-order valence-electron chi connectivity index (χ1n) is 7.03. The van der Waals surface area contributed by atoms with Gasteiger partial charge in [-0.05, 0) is 47.5 Å². The maximum absolute atomic E-state index is 12.7. The molecule has 0 bridgehead atoms. The summed E-state index contributed by atoms with van der Waals surface area (Å²) in [4.78, 5) is 15.0. The molecule has 0 radical (unpaired) electrons. The van der Waals surface area contributed by atoms with E-state index < -0.39 is 22.7 Å². The van der Waals surface area contributed by atoms with Gasteiger partial charge in [-0.25, -0.2) is 0 Å². The highest BCUT2D eigenvalue weighted by Gasteiger charge is 2.44. The molecule has 0 fully saturated rings. The van der Waals surface area contributed by atoms with Crippen LogP contribution in [-0.4, -0.2) is 29.2 Å². The number of hydrogen-bond acceptors (Lipinski definition) is 5. The number of aromatic nitrogens is 2. The van der Waals surface area contributed by atoms with Gasteiger partial charge in [0.25, 0.3) is 5.78 Å². The summed E-state index contributed by atoms with van der Waals surface area (Å²) in [6.45, 7) is 1.61. The van der Waals surface area contributed by atoms with Crippen molar-refractivity contribution in [1.29, 1.82) is 0 Å². The fraction of sp³-hybridized carbons (Fsp3) is 0.188. The van der Waals surface area contributed by atoms with E-state index in [1.165, 1.54) is 7.11 Å². The Labute approximate surface area is 144 Å². The van der Waals surface area contributed by atoms with E-state index in [2.05, 4.69) is 4.98 Å². The third-order valence-corrected chi connectivity index (χ3v) is 4.59. The standard InChI is InChI=1S/C16H11F3N2O3S/c1-8-7-11(9-3-5-10(24-2)6-4-9)20-15-21(8)14(23)12(25-15)13(22)16(17,18)19/h3-7H,1-2H3/p+1. The molecule has 1 aromatic carbocycles. The molecule has 25 heavy (non-hydrogen) atoms. The molecule has 0 saturated heterocycles. The van der Waals surface area contributed by atoms with Gasteiger partial charge in [-0.1, -0.05) is 0 Å². The summed E-state index contributed by atoms with van der Waals surface area (Å²) >= 11 is 0.497. The van der Waals surface area contributed by atoms with Crippen molar-refractivity contribution in [2.24, 2.45) is 0 Å². The zero-order valence-corrected chi connectivity index (χ0v) is 13.9.